The molecule has 0 rings (SSSR count). The van der Waals surface area contributed by atoms with E-state index in [0.717, 1.165) is 13.0 Å². The molecular formula is C6H13N2O+. The van der Waals surface area contributed by atoms with E-state index in [0.29, 0.717) is 6.54 Å². The van der Waals surface area contributed by atoms with Crippen molar-refractivity contribution >= 4 is 5.91 Å². The second-order valence-electron chi connectivity index (χ2n) is 1.70. The van der Waals surface area contributed by atoms with E-state index < -0.39 is 0 Å². The third-order valence-electron chi connectivity index (χ3n) is 0.911. The molecule has 9 heavy (non-hydrogen) atoms. The molecule has 0 fully saturated rings. The molecule has 0 atom stereocenters. The van der Waals surface area contributed by atoms with Crippen LogP contribution in [0.1, 0.15) is 6.42 Å². The summed E-state index contributed by atoms with van der Waals surface area (Å²) in [5, 5.41) is 2.64. The van der Waals surface area contributed by atoms with E-state index in [1.807, 2.05) is 0 Å². The fourth-order valence-corrected chi connectivity index (χ4v) is 0.409. The van der Waals surface area contributed by atoms with Crippen LogP contribution >= 0.6 is 0 Å². The molecule has 3 nitrogen and oxygen atoms in total. The first-order valence-corrected chi connectivity index (χ1v) is 3.00. The quantitative estimate of drug-likeness (QED) is 0.368. The summed E-state index contributed by atoms with van der Waals surface area (Å²) in [5.74, 6) is -0.108. The van der Waals surface area contributed by atoms with Gasteiger partial charge in [0, 0.05) is 13.0 Å². The molecule has 4 N–H and O–H groups in total. The highest BCUT2D eigenvalue weighted by atomic mass is 16.1. The lowest BCUT2D eigenvalue weighted by atomic mass is 10.4. The van der Waals surface area contributed by atoms with Gasteiger partial charge < -0.3 is 11.1 Å². The maximum absolute atomic E-state index is 10.4. The van der Waals surface area contributed by atoms with Crippen LogP contribution < -0.4 is 11.1 Å². The Morgan fingerprint density at radius 1 is 1.78 bits per heavy atom. The number of hydrogen-bond acceptors (Lipinski definition) is 1. The maximum atomic E-state index is 10.4. The molecule has 0 aliphatic heterocycles. The summed E-state index contributed by atoms with van der Waals surface area (Å²) < 4.78 is 0. The number of nitrogens with one attached hydrogen (secondary N) is 1. The van der Waals surface area contributed by atoms with E-state index in [-0.39, 0.29) is 5.91 Å². The van der Waals surface area contributed by atoms with Crippen molar-refractivity contribution in [1.82, 2.24) is 5.32 Å². The zero-order valence-corrected chi connectivity index (χ0v) is 5.52. The van der Waals surface area contributed by atoms with Crippen LogP contribution in [-0.2, 0) is 4.79 Å². The van der Waals surface area contributed by atoms with Crippen molar-refractivity contribution in [3.8, 4) is 0 Å². The Morgan fingerprint density at radius 2 is 2.44 bits per heavy atom. The normalized spacial score (nSPS) is 8.56. The second-order valence-corrected chi connectivity index (χ2v) is 1.70. The highest BCUT2D eigenvalue weighted by Crippen LogP contribution is 1.69. The predicted molar refractivity (Wildman–Crippen MR) is 35.6 cm³/mol. The van der Waals surface area contributed by atoms with Gasteiger partial charge in [0.25, 0.3) is 0 Å². The number of quaternary nitrogens is 1. The van der Waals surface area contributed by atoms with Gasteiger partial charge in [0.05, 0.1) is 6.54 Å². The third-order valence-corrected chi connectivity index (χ3v) is 0.911. The molecule has 0 radical (unpaired) electrons. The van der Waals surface area contributed by atoms with E-state index in [1.54, 1.807) is 0 Å². The minimum Gasteiger partial charge on any atom is -0.358 e. The van der Waals surface area contributed by atoms with Crippen LogP contribution in [0.25, 0.3) is 0 Å². The fourth-order valence-electron chi connectivity index (χ4n) is 0.409. The SMILES string of the molecule is C=CC(=O)NCCC[NH3+]. The standard InChI is InChI=1S/C6H12N2O/c1-2-6(9)8-5-3-4-7/h2H,1,3-5,7H2,(H,8,9)/p+1. The molecule has 0 heterocycles. The molecule has 0 spiro atoms. The summed E-state index contributed by atoms with van der Waals surface area (Å²) in [6, 6.07) is 0. The molecule has 0 aliphatic carbocycles. The lowest BCUT2D eigenvalue weighted by molar-refractivity contribution is -0.367. The van der Waals surface area contributed by atoms with Crippen LogP contribution in [0.3, 0.4) is 0 Å². The first kappa shape index (κ1) is 8.17. The Balaban J connectivity index is 3.07. The first-order valence-electron chi connectivity index (χ1n) is 3.00. The predicted octanol–water partition coefficient (Wildman–Crippen LogP) is -1.08. The molecule has 1 amide bonds. The van der Waals surface area contributed by atoms with Gasteiger partial charge in [-0.05, 0) is 6.08 Å². The molecule has 0 saturated carbocycles. The lowest BCUT2D eigenvalue weighted by Crippen LogP contribution is -2.51. The molecule has 0 saturated heterocycles. The van der Waals surface area contributed by atoms with E-state index in [1.165, 1.54) is 6.08 Å². The summed E-state index contributed by atoms with van der Waals surface area (Å²) in [4.78, 5) is 10.4. The molecule has 0 aromatic carbocycles. The van der Waals surface area contributed by atoms with Crippen molar-refractivity contribution < 1.29 is 10.5 Å². The molecule has 3 heteroatoms. The number of rotatable bonds is 4. The Morgan fingerprint density at radius 3 is 2.89 bits per heavy atom. The molecule has 0 aromatic rings. The zero-order chi connectivity index (χ0) is 7.11. The van der Waals surface area contributed by atoms with Gasteiger partial charge in [-0.3, -0.25) is 4.79 Å². The lowest BCUT2D eigenvalue weighted by Gasteiger charge is -1.96. The van der Waals surface area contributed by atoms with Crippen LogP contribution in [0, 0.1) is 0 Å². The van der Waals surface area contributed by atoms with Crippen molar-refractivity contribution in [3.05, 3.63) is 12.7 Å². The third kappa shape index (κ3) is 5.03. The zero-order valence-electron chi connectivity index (χ0n) is 5.52. The fraction of sp³-hybridized carbons (Fsp3) is 0.500. The van der Waals surface area contributed by atoms with Gasteiger partial charge in [-0.2, -0.15) is 0 Å². The van der Waals surface area contributed by atoms with Gasteiger partial charge in [-0.15, -0.1) is 0 Å². The molecule has 0 aromatic heterocycles. The minimum atomic E-state index is -0.108. The second kappa shape index (κ2) is 5.31. The summed E-state index contributed by atoms with van der Waals surface area (Å²) >= 11 is 0. The van der Waals surface area contributed by atoms with Crippen LogP contribution in [0.5, 0.6) is 0 Å². The number of carbonyl (C=O) groups is 1. The number of amides is 1. The smallest absolute Gasteiger partial charge is 0.243 e. The highest BCUT2D eigenvalue weighted by Gasteiger charge is 1.90. The average molecular weight is 129 g/mol. The van der Waals surface area contributed by atoms with E-state index in [2.05, 4.69) is 17.6 Å². The Labute approximate surface area is 54.9 Å². The summed E-state index contributed by atoms with van der Waals surface area (Å²) in [5.41, 5.74) is 3.63. The van der Waals surface area contributed by atoms with Crippen LogP contribution in [0.2, 0.25) is 0 Å². The van der Waals surface area contributed by atoms with Gasteiger partial charge in [-0.25, -0.2) is 0 Å². The molecular weight excluding hydrogens is 116 g/mol. The van der Waals surface area contributed by atoms with E-state index >= 15 is 0 Å². The molecule has 0 unspecified atom stereocenters. The summed E-state index contributed by atoms with van der Waals surface area (Å²) in [7, 11) is 0. The summed E-state index contributed by atoms with van der Waals surface area (Å²) in [6.45, 7) is 4.87. The minimum absolute atomic E-state index is 0.108. The van der Waals surface area contributed by atoms with Crippen LogP contribution in [0.15, 0.2) is 12.7 Å². The number of carbonyl (C=O) groups excluding carboxylic acids is 1. The molecule has 52 valence electrons. The summed E-state index contributed by atoms with van der Waals surface area (Å²) in [6.07, 6.45) is 2.20. The van der Waals surface area contributed by atoms with Gasteiger partial charge in [-0.1, -0.05) is 6.58 Å². The van der Waals surface area contributed by atoms with Crippen molar-refractivity contribution in [1.29, 1.82) is 0 Å². The molecule has 0 bridgehead atoms. The highest BCUT2D eigenvalue weighted by molar-refractivity contribution is 5.86. The van der Waals surface area contributed by atoms with Crippen molar-refractivity contribution in [3.63, 3.8) is 0 Å². The van der Waals surface area contributed by atoms with Gasteiger partial charge >= 0.3 is 0 Å². The van der Waals surface area contributed by atoms with Gasteiger partial charge in [0.2, 0.25) is 5.91 Å². The largest absolute Gasteiger partial charge is 0.358 e. The number of hydrogen-bond donors (Lipinski definition) is 2. The van der Waals surface area contributed by atoms with Crippen molar-refractivity contribution in [2.24, 2.45) is 0 Å². The Kier molecular flexibility index (Phi) is 4.82. The van der Waals surface area contributed by atoms with Crippen LogP contribution in [0.4, 0.5) is 0 Å². The van der Waals surface area contributed by atoms with Gasteiger partial charge in [0.15, 0.2) is 0 Å². The van der Waals surface area contributed by atoms with Crippen LogP contribution in [-0.4, -0.2) is 19.0 Å². The van der Waals surface area contributed by atoms with E-state index in [9.17, 15) is 4.79 Å². The average Bonchev–Trinajstić information content (AvgIpc) is 1.89. The monoisotopic (exact) mass is 129 g/mol. The van der Waals surface area contributed by atoms with Crippen molar-refractivity contribution in [2.45, 2.75) is 6.42 Å². The van der Waals surface area contributed by atoms with Crippen molar-refractivity contribution in [2.75, 3.05) is 13.1 Å². The first-order chi connectivity index (χ1) is 4.31. The Bertz CT molecular complexity index is 101. The van der Waals surface area contributed by atoms with E-state index in [4.69, 9.17) is 0 Å². The maximum Gasteiger partial charge on any atom is 0.243 e. The van der Waals surface area contributed by atoms with Gasteiger partial charge in [0.1, 0.15) is 0 Å². The Hall–Kier alpha value is -0.830. The topological polar surface area (TPSA) is 56.7 Å². The molecule has 0 aliphatic rings.